The number of benzene rings is 2. The number of halogens is 1. The lowest BCUT2D eigenvalue weighted by Gasteiger charge is -2.25. The summed E-state index contributed by atoms with van der Waals surface area (Å²) in [5, 5.41) is 2.03. The fourth-order valence-corrected chi connectivity index (χ4v) is 4.33. The van der Waals surface area contributed by atoms with Crippen LogP contribution in [-0.2, 0) is 0 Å². The van der Waals surface area contributed by atoms with Crippen molar-refractivity contribution in [2.24, 2.45) is 5.92 Å². The number of hydrogen-bond donors (Lipinski definition) is 0. The molecular weight excluding hydrogens is 335 g/mol. The molecule has 0 aliphatic heterocycles. The van der Waals surface area contributed by atoms with E-state index in [1.54, 1.807) is 6.07 Å². The monoisotopic (exact) mass is 358 g/mol. The molecule has 0 atom stereocenters. The highest BCUT2D eigenvalue weighted by molar-refractivity contribution is 7.25. The molecule has 2 aromatic carbocycles. The van der Waals surface area contributed by atoms with Gasteiger partial charge in [0.05, 0.1) is 17.9 Å². The van der Waals surface area contributed by atoms with Crippen LogP contribution in [0.2, 0.25) is 0 Å². The minimum atomic E-state index is -0.244. The minimum Gasteiger partial charge on any atom is -0.493 e. The molecule has 1 aliphatic carbocycles. The summed E-state index contributed by atoms with van der Waals surface area (Å²) in [6, 6.07) is 9.79. The summed E-state index contributed by atoms with van der Waals surface area (Å²) in [5.41, 5.74) is 0. The second-order valence-electron chi connectivity index (χ2n) is 6.82. The normalized spacial score (nSPS) is 14.8. The van der Waals surface area contributed by atoms with Crippen molar-refractivity contribution in [3.63, 3.8) is 0 Å². The summed E-state index contributed by atoms with van der Waals surface area (Å²) in [5.74, 6) is 1.70. The van der Waals surface area contributed by atoms with Crippen molar-refractivity contribution in [3.05, 3.63) is 36.1 Å². The third-order valence-corrected chi connectivity index (χ3v) is 6.14. The Labute approximate surface area is 151 Å². The number of thiophene rings is 1. The lowest BCUT2D eigenvalue weighted by molar-refractivity contribution is 0.181. The largest absolute Gasteiger partial charge is 0.493 e. The van der Waals surface area contributed by atoms with Gasteiger partial charge < -0.3 is 9.47 Å². The van der Waals surface area contributed by atoms with Gasteiger partial charge in [-0.3, -0.25) is 0 Å². The van der Waals surface area contributed by atoms with Crippen molar-refractivity contribution in [2.45, 2.75) is 39.0 Å². The Morgan fingerprint density at radius 1 is 1.12 bits per heavy atom. The molecule has 1 fully saturated rings. The van der Waals surface area contributed by atoms with Crippen LogP contribution in [-0.4, -0.2) is 13.2 Å². The molecule has 3 aromatic rings. The van der Waals surface area contributed by atoms with Gasteiger partial charge in [0, 0.05) is 15.5 Å². The van der Waals surface area contributed by atoms with Crippen molar-refractivity contribution in [1.29, 1.82) is 0 Å². The molecule has 4 heteroatoms. The van der Waals surface area contributed by atoms with Crippen molar-refractivity contribution in [3.8, 4) is 11.5 Å². The van der Waals surface area contributed by atoms with Gasteiger partial charge in [0.2, 0.25) is 0 Å². The molecule has 0 spiro atoms. The molecule has 0 saturated heterocycles. The van der Waals surface area contributed by atoms with Crippen LogP contribution in [0.1, 0.15) is 39.0 Å². The number of fused-ring (bicyclic) bond motifs is 3. The van der Waals surface area contributed by atoms with E-state index in [1.165, 1.54) is 30.6 Å². The molecule has 0 unspecified atom stereocenters. The van der Waals surface area contributed by atoms with E-state index in [0.717, 1.165) is 40.7 Å². The molecule has 1 saturated carbocycles. The number of ether oxygens (including phenoxy) is 2. The molecule has 1 aromatic heterocycles. The van der Waals surface area contributed by atoms with Crippen molar-refractivity contribution in [1.82, 2.24) is 0 Å². The second-order valence-corrected chi connectivity index (χ2v) is 7.88. The van der Waals surface area contributed by atoms with Crippen molar-refractivity contribution in [2.75, 3.05) is 13.2 Å². The van der Waals surface area contributed by atoms with Crippen LogP contribution in [0.3, 0.4) is 0 Å². The maximum absolute atomic E-state index is 14.8. The minimum absolute atomic E-state index is 0.244. The van der Waals surface area contributed by atoms with Gasteiger partial charge in [-0.15, -0.1) is 11.3 Å². The van der Waals surface area contributed by atoms with Crippen LogP contribution < -0.4 is 9.47 Å². The number of hydrogen-bond acceptors (Lipinski definition) is 3. The quantitative estimate of drug-likeness (QED) is 0.446. The molecule has 1 aliphatic rings. The molecule has 4 rings (SSSR count). The molecule has 0 bridgehead atoms. The zero-order valence-electron chi connectivity index (χ0n) is 14.5. The first kappa shape index (κ1) is 16.6. The first-order valence-electron chi connectivity index (χ1n) is 9.16. The number of rotatable bonds is 7. The molecule has 1 heterocycles. The van der Waals surface area contributed by atoms with Crippen LogP contribution in [0, 0.1) is 11.7 Å². The first-order chi connectivity index (χ1) is 12.3. The van der Waals surface area contributed by atoms with E-state index in [2.05, 4.69) is 6.92 Å². The van der Waals surface area contributed by atoms with Crippen LogP contribution >= 0.6 is 11.3 Å². The van der Waals surface area contributed by atoms with Gasteiger partial charge in [-0.1, -0.05) is 19.8 Å². The average Bonchev–Trinajstić information content (AvgIpc) is 2.94. The van der Waals surface area contributed by atoms with Crippen molar-refractivity contribution < 1.29 is 13.9 Å². The standard InChI is InChI=1S/C21H23FO2S/c1-2-3-11-23-18-10-9-17-16-8-7-15(24-13-14-5-4-6-14)12-19(16)25-21(17)20(18)22/h7-10,12,14H,2-6,11,13H2,1H3. The lowest BCUT2D eigenvalue weighted by Crippen LogP contribution is -2.19. The zero-order chi connectivity index (χ0) is 17.2. The van der Waals surface area contributed by atoms with Gasteiger partial charge in [0.25, 0.3) is 0 Å². The van der Waals surface area contributed by atoms with E-state index < -0.39 is 0 Å². The van der Waals surface area contributed by atoms with E-state index >= 15 is 0 Å². The molecule has 0 N–H and O–H groups in total. The summed E-state index contributed by atoms with van der Waals surface area (Å²) >= 11 is 1.47. The van der Waals surface area contributed by atoms with E-state index in [0.29, 0.717) is 23.0 Å². The SMILES string of the molecule is CCCCOc1ccc2c(sc3cc(OCC4CCC4)ccc32)c1F. The number of unbranched alkanes of at least 4 members (excludes halogenated alkanes) is 1. The van der Waals surface area contributed by atoms with Gasteiger partial charge in [0.15, 0.2) is 11.6 Å². The molecular formula is C21H23FO2S. The first-order valence-corrected chi connectivity index (χ1v) is 9.98. The Balaban J connectivity index is 1.61. The average molecular weight is 358 g/mol. The lowest BCUT2D eigenvalue weighted by atomic mass is 9.86. The van der Waals surface area contributed by atoms with E-state index in [1.807, 2.05) is 24.3 Å². The highest BCUT2D eigenvalue weighted by atomic mass is 32.1. The zero-order valence-corrected chi connectivity index (χ0v) is 15.3. The Morgan fingerprint density at radius 3 is 2.72 bits per heavy atom. The van der Waals surface area contributed by atoms with Crippen LogP contribution in [0.15, 0.2) is 30.3 Å². The van der Waals surface area contributed by atoms with Gasteiger partial charge in [-0.05, 0) is 55.5 Å². The molecule has 25 heavy (non-hydrogen) atoms. The molecule has 132 valence electrons. The maximum Gasteiger partial charge on any atom is 0.182 e. The van der Waals surface area contributed by atoms with E-state index in [9.17, 15) is 4.39 Å². The highest BCUT2D eigenvalue weighted by Gasteiger charge is 2.18. The van der Waals surface area contributed by atoms with E-state index in [4.69, 9.17) is 9.47 Å². The summed E-state index contributed by atoms with van der Waals surface area (Å²) in [6.07, 6.45) is 5.85. The summed E-state index contributed by atoms with van der Waals surface area (Å²) < 4.78 is 28.0. The van der Waals surface area contributed by atoms with Gasteiger partial charge >= 0.3 is 0 Å². The summed E-state index contributed by atoms with van der Waals surface area (Å²) in [4.78, 5) is 0. The van der Waals surface area contributed by atoms with Gasteiger partial charge in [-0.25, -0.2) is 4.39 Å². The van der Waals surface area contributed by atoms with E-state index in [-0.39, 0.29) is 5.82 Å². The van der Waals surface area contributed by atoms with Crippen LogP contribution in [0.5, 0.6) is 11.5 Å². The summed E-state index contributed by atoms with van der Waals surface area (Å²) in [6.45, 7) is 3.45. The maximum atomic E-state index is 14.8. The predicted octanol–water partition coefficient (Wildman–Crippen LogP) is 6.55. The Morgan fingerprint density at radius 2 is 1.96 bits per heavy atom. The van der Waals surface area contributed by atoms with Crippen molar-refractivity contribution >= 4 is 31.5 Å². The van der Waals surface area contributed by atoms with Gasteiger partial charge in [-0.2, -0.15) is 0 Å². The predicted molar refractivity (Wildman–Crippen MR) is 103 cm³/mol. The summed E-state index contributed by atoms with van der Waals surface area (Å²) in [7, 11) is 0. The van der Waals surface area contributed by atoms with Crippen LogP contribution in [0.25, 0.3) is 20.2 Å². The Hall–Kier alpha value is -1.81. The van der Waals surface area contributed by atoms with Gasteiger partial charge in [0.1, 0.15) is 5.75 Å². The molecule has 2 nitrogen and oxygen atoms in total. The third kappa shape index (κ3) is 3.32. The third-order valence-electron chi connectivity index (χ3n) is 4.98. The Bertz CT molecular complexity index is 882. The fourth-order valence-electron chi connectivity index (χ4n) is 3.17. The van der Waals surface area contributed by atoms with Crippen LogP contribution in [0.4, 0.5) is 4.39 Å². The topological polar surface area (TPSA) is 18.5 Å². The smallest absolute Gasteiger partial charge is 0.182 e. The molecule has 0 radical (unpaired) electrons. The highest BCUT2D eigenvalue weighted by Crippen LogP contribution is 2.40. The second kappa shape index (κ2) is 7.20. The fraction of sp³-hybridized carbons (Fsp3) is 0.429. The Kier molecular flexibility index (Phi) is 4.80. The molecule has 0 amide bonds.